The molecule has 0 atom stereocenters. The first-order valence-electron chi connectivity index (χ1n) is 10.4. The molecule has 2 aliphatic heterocycles. The van der Waals surface area contributed by atoms with Crippen molar-refractivity contribution in [2.45, 2.75) is 6.61 Å². The SMILES string of the molecule is O=C(CN1C(=O)S/C(=C\c2cc(Br)c(OCc3ccc(Cl)cc3Cl)c(Br)c2)C1=O)N1CCOCC1. The number of morpholine rings is 1. The molecule has 0 saturated carbocycles. The quantitative estimate of drug-likeness (QED) is 0.353. The Morgan fingerprint density at radius 3 is 2.46 bits per heavy atom. The van der Waals surface area contributed by atoms with Gasteiger partial charge in [0.1, 0.15) is 18.9 Å². The van der Waals surface area contributed by atoms with Gasteiger partial charge in [0.2, 0.25) is 5.91 Å². The van der Waals surface area contributed by atoms with E-state index in [1.165, 1.54) is 0 Å². The van der Waals surface area contributed by atoms with E-state index in [0.717, 1.165) is 22.2 Å². The number of carbonyl (C=O) groups excluding carboxylic acids is 3. The van der Waals surface area contributed by atoms with E-state index >= 15 is 0 Å². The summed E-state index contributed by atoms with van der Waals surface area (Å²) < 4.78 is 12.5. The summed E-state index contributed by atoms with van der Waals surface area (Å²) in [5.74, 6) is -0.214. The number of imide groups is 1. The van der Waals surface area contributed by atoms with Crippen molar-refractivity contribution in [2.75, 3.05) is 32.8 Å². The molecule has 0 aromatic heterocycles. The third kappa shape index (κ3) is 6.42. The average molecular weight is 665 g/mol. The van der Waals surface area contributed by atoms with Gasteiger partial charge in [0.25, 0.3) is 11.1 Å². The van der Waals surface area contributed by atoms with Gasteiger partial charge in [0.15, 0.2) is 0 Å². The number of benzene rings is 2. The lowest BCUT2D eigenvalue weighted by atomic mass is 10.2. The predicted octanol–water partition coefficient (Wildman–Crippen LogP) is 5.99. The minimum atomic E-state index is -0.494. The number of carbonyl (C=O) groups is 3. The molecular formula is C23H18Br2Cl2N2O5S. The molecule has 0 bridgehead atoms. The second-order valence-corrected chi connectivity index (χ2v) is 11.1. The number of rotatable bonds is 6. The zero-order chi connectivity index (χ0) is 25.1. The van der Waals surface area contributed by atoms with Crippen LogP contribution < -0.4 is 4.74 Å². The number of ether oxygens (including phenoxy) is 2. The number of halogens is 4. The van der Waals surface area contributed by atoms with Crippen LogP contribution in [0.2, 0.25) is 10.0 Å². The van der Waals surface area contributed by atoms with Crippen LogP contribution in [0, 0.1) is 0 Å². The molecule has 0 spiro atoms. The largest absolute Gasteiger partial charge is 0.486 e. The highest BCUT2D eigenvalue weighted by Gasteiger charge is 2.37. The zero-order valence-corrected chi connectivity index (χ0v) is 23.6. The highest BCUT2D eigenvalue weighted by molar-refractivity contribution is 9.11. The Balaban J connectivity index is 1.45. The molecule has 35 heavy (non-hydrogen) atoms. The van der Waals surface area contributed by atoms with Crippen LogP contribution in [0.25, 0.3) is 6.08 Å². The molecule has 0 N–H and O–H groups in total. The first-order valence-corrected chi connectivity index (χ1v) is 13.6. The summed E-state index contributed by atoms with van der Waals surface area (Å²) in [6, 6.07) is 8.73. The average Bonchev–Trinajstić information content (AvgIpc) is 3.07. The molecule has 2 aromatic rings. The van der Waals surface area contributed by atoms with Crippen molar-refractivity contribution in [3.63, 3.8) is 0 Å². The molecule has 2 saturated heterocycles. The molecule has 2 aliphatic rings. The van der Waals surface area contributed by atoms with Gasteiger partial charge < -0.3 is 14.4 Å². The van der Waals surface area contributed by atoms with Gasteiger partial charge in [0, 0.05) is 28.7 Å². The van der Waals surface area contributed by atoms with Crippen LogP contribution in [0.5, 0.6) is 5.75 Å². The maximum atomic E-state index is 12.8. The minimum absolute atomic E-state index is 0.225. The van der Waals surface area contributed by atoms with E-state index in [0.29, 0.717) is 56.6 Å². The normalized spacial score (nSPS) is 17.4. The van der Waals surface area contributed by atoms with Gasteiger partial charge in [-0.05, 0) is 79.5 Å². The smallest absolute Gasteiger partial charge is 0.294 e. The Hall–Kier alpha value is -1.56. The van der Waals surface area contributed by atoms with Crippen molar-refractivity contribution >= 4 is 90.0 Å². The van der Waals surface area contributed by atoms with Gasteiger partial charge in [-0.3, -0.25) is 19.3 Å². The van der Waals surface area contributed by atoms with Crippen LogP contribution in [0.4, 0.5) is 4.79 Å². The fourth-order valence-corrected chi connectivity index (χ4v) is 6.18. The molecule has 7 nitrogen and oxygen atoms in total. The van der Waals surface area contributed by atoms with Gasteiger partial charge in [-0.2, -0.15) is 0 Å². The molecule has 2 aromatic carbocycles. The minimum Gasteiger partial charge on any atom is -0.486 e. The second-order valence-electron chi connectivity index (χ2n) is 7.60. The summed E-state index contributed by atoms with van der Waals surface area (Å²) in [6.45, 7) is 1.74. The standard InChI is InChI=1S/C23H18Br2Cl2N2O5S/c24-16-7-13(8-17(25)21(16)34-12-14-1-2-15(26)10-18(14)27)9-19-22(31)29(23(32)35-19)11-20(30)28-3-5-33-6-4-28/h1-2,7-10H,3-6,11-12H2/b19-9-. The Bertz CT molecular complexity index is 1200. The van der Waals surface area contributed by atoms with Crippen molar-refractivity contribution in [2.24, 2.45) is 0 Å². The van der Waals surface area contributed by atoms with Crippen LogP contribution in [0.15, 0.2) is 44.2 Å². The van der Waals surface area contributed by atoms with Gasteiger partial charge >= 0.3 is 0 Å². The zero-order valence-electron chi connectivity index (χ0n) is 18.1. The highest BCUT2D eigenvalue weighted by Crippen LogP contribution is 2.38. The van der Waals surface area contributed by atoms with Crippen molar-refractivity contribution in [1.29, 1.82) is 0 Å². The Kier molecular flexibility index (Phi) is 8.83. The van der Waals surface area contributed by atoms with Crippen molar-refractivity contribution in [3.8, 4) is 5.75 Å². The summed E-state index contributed by atoms with van der Waals surface area (Å²) >= 11 is 20.0. The third-order valence-electron chi connectivity index (χ3n) is 5.24. The Labute approximate surface area is 232 Å². The number of hydrogen-bond acceptors (Lipinski definition) is 6. The summed E-state index contributed by atoms with van der Waals surface area (Å²) in [4.78, 5) is 40.6. The van der Waals surface area contributed by atoms with Gasteiger partial charge in [0.05, 0.1) is 27.1 Å². The molecule has 0 unspecified atom stereocenters. The van der Waals surface area contributed by atoms with Crippen LogP contribution >= 0.6 is 66.8 Å². The van der Waals surface area contributed by atoms with Crippen LogP contribution in [0.3, 0.4) is 0 Å². The van der Waals surface area contributed by atoms with E-state index in [4.69, 9.17) is 32.7 Å². The molecule has 0 radical (unpaired) electrons. The molecule has 184 valence electrons. The highest BCUT2D eigenvalue weighted by atomic mass is 79.9. The summed E-state index contributed by atoms with van der Waals surface area (Å²) in [5, 5.41) is 0.574. The molecule has 2 fully saturated rings. The van der Waals surface area contributed by atoms with Gasteiger partial charge in [-0.25, -0.2) is 0 Å². The van der Waals surface area contributed by atoms with Crippen molar-refractivity contribution in [1.82, 2.24) is 9.80 Å². The lowest BCUT2D eigenvalue weighted by Crippen LogP contribution is -2.46. The van der Waals surface area contributed by atoms with E-state index in [9.17, 15) is 14.4 Å². The summed E-state index contributed by atoms with van der Waals surface area (Å²) in [5.41, 5.74) is 1.45. The predicted molar refractivity (Wildman–Crippen MR) is 143 cm³/mol. The van der Waals surface area contributed by atoms with E-state index in [2.05, 4.69) is 31.9 Å². The molecular weight excluding hydrogens is 647 g/mol. The molecule has 2 heterocycles. The maximum Gasteiger partial charge on any atom is 0.294 e. The van der Waals surface area contributed by atoms with E-state index in [-0.39, 0.29) is 24.0 Å². The summed E-state index contributed by atoms with van der Waals surface area (Å²) in [6.07, 6.45) is 1.61. The Morgan fingerprint density at radius 1 is 1.11 bits per heavy atom. The first-order chi connectivity index (χ1) is 16.7. The fourth-order valence-electron chi connectivity index (χ4n) is 3.43. The topological polar surface area (TPSA) is 76.2 Å². The van der Waals surface area contributed by atoms with Crippen molar-refractivity contribution in [3.05, 3.63) is 65.4 Å². The van der Waals surface area contributed by atoms with Crippen LogP contribution in [-0.4, -0.2) is 59.7 Å². The third-order valence-corrected chi connectivity index (χ3v) is 7.91. The first kappa shape index (κ1) is 26.5. The molecule has 4 rings (SSSR count). The molecule has 3 amide bonds. The van der Waals surface area contributed by atoms with Gasteiger partial charge in [-0.1, -0.05) is 29.3 Å². The fraction of sp³-hybridized carbons (Fsp3) is 0.261. The lowest BCUT2D eigenvalue weighted by Gasteiger charge is -2.28. The number of amides is 3. The second kappa shape index (κ2) is 11.7. The van der Waals surface area contributed by atoms with E-state index < -0.39 is 11.1 Å². The van der Waals surface area contributed by atoms with E-state index in [1.807, 2.05) is 0 Å². The van der Waals surface area contributed by atoms with Crippen molar-refractivity contribution < 1.29 is 23.9 Å². The molecule has 0 aliphatic carbocycles. The number of hydrogen-bond donors (Lipinski definition) is 0. The van der Waals surface area contributed by atoms with Gasteiger partial charge in [-0.15, -0.1) is 0 Å². The Morgan fingerprint density at radius 2 is 1.80 bits per heavy atom. The number of thioether (sulfide) groups is 1. The number of nitrogens with zero attached hydrogens (tertiary/aromatic N) is 2. The monoisotopic (exact) mass is 662 g/mol. The van der Waals surface area contributed by atoms with Crippen LogP contribution in [0.1, 0.15) is 11.1 Å². The molecule has 12 heteroatoms. The van der Waals surface area contributed by atoms with Crippen LogP contribution in [-0.2, 0) is 20.9 Å². The maximum absolute atomic E-state index is 12.8. The lowest BCUT2D eigenvalue weighted by molar-refractivity contribution is -0.139. The van der Waals surface area contributed by atoms with E-state index in [1.54, 1.807) is 41.3 Å². The summed E-state index contributed by atoms with van der Waals surface area (Å²) in [7, 11) is 0.